The molecule has 1 fully saturated rings. The van der Waals surface area contributed by atoms with Gasteiger partial charge in [0.25, 0.3) is 0 Å². The summed E-state index contributed by atoms with van der Waals surface area (Å²) in [6.07, 6.45) is 4.35. The van der Waals surface area contributed by atoms with Crippen molar-refractivity contribution < 1.29 is 4.79 Å². The van der Waals surface area contributed by atoms with Gasteiger partial charge in [-0.3, -0.25) is 4.98 Å². The van der Waals surface area contributed by atoms with E-state index in [1.165, 1.54) is 0 Å². The van der Waals surface area contributed by atoms with Crippen molar-refractivity contribution in [3.05, 3.63) is 30.1 Å². The van der Waals surface area contributed by atoms with Gasteiger partial charge in [0, 0.05) is 25.0 Å². The van der Waals surface area contributed by atoms with Crippen LogP contribution in [-0.2, 0) is 0 Å². The van der Waals surface area contributed by atoms with Crippen LogP contribution in [-0.4, -0.2) is 35.0 Å². The van der Waals surface area contributed by atoms with E-state index in [0.717, 1.165) is 12.0 Å². The molecule has 17 heavy (non-hydrogen) atoms. The molecule has 0 saturated carbocycles. The van der Waals surface area contributed by atoms with Crippen LogP contribution >= 0.6 is 0 Å². The summed E-state index contributed by atoms with van der Waals surface area (Å²) in [7, 11) is 0. The van der Waals surface area contributed by atoms with Crippen molar-refractivity contribution in [3.63, 3.8) is 0 Å². The zero-order valence-corrected chi connectivity index (χ0v) is 9.97. The Labute approximate surface area is 101 Å². The molecule has 92 valence electrons. The van der Waals surface area contributed by atoms with Crippen molar-refractivity contribution in [3.8, 4) is 0 Å². The van der Waals surface area contributed by atoms with Crippen molar-refractivity contribution in [2.45, 2.75) is 25.4 Å². The zero-order valence-electron chi connectivity index (χ0n) is 9.97. The second-order valence-electron chi connectivity index (χ2n) is 4.37. The molecule has 3 N–H and O–H groups in total. The van der Waals surface area contributed by atoms with Gasteiger partial charge in [0.15, 0.2) is 0 Å². The largest absolute Gasteiger partial charge is 0.330 e. The smallest absolute Gasteiger partial charge is 0.318 e. The summed E-state index contributed by atoms with van der Waals surface area (Å²) in [5, 5.41) is 2.97. The number of hydrogen-bond acceptors (Lipinski definition) is 3. The number of urea groups is 1. The molecule has 0 spiro atoms. The third-order valence-corrected chi connectivity index (χ3v) is 3.14. The quantitative estimate of drug-likeness (QED) is 0.812. The molecule has 2 atom stereocenters. The van der Waals surface area contributed by atoms with E-state index in [1.807, 2.05) is 24.0 Å². The number of carbonyl (C=O) groups excluding carboxylic acids is 1. The summed E-state index contributed by atoms with van der Waals surface area (Å²) in [5.41, 5.74) is 6.56. The first-order valence-corrected chi connectivity index (χ1v) is 5.89. The summed E-state index contributed by atoms with van der Waals surface area (Å²) in [6.45, 7) is 3.31. The Morgan fingerprint density at radius 3 is 3.18 bits per heavy atom. The lowest BCUT2D eigenvalue weighted by atomic mass is 10.1. The molecule has 2 heterocycles. The average Bonchev–Trinajstić information content (AvgIpc) is 2.73. The van der Waals surface area contributed by atoms with Crippen LogP contribution in [0.15, 0.2) is 24.5 Å². The van der Waals surface area contributed by atoms with Crippen LogP contribution in [0.4, 0.5) is 4.79 Å². The van der Waals surface area contributed by atoms with Crippen molar-refractivity contribution in [2.75, 3.05) is 13.1 Å². The molecule has 1 aliphatic rings. The monoisotopic (exact) mass is 234 g/mol. The highest BCUT2D eigenvalue weighted by Gasteiger charge is 2.32. The topological polar surface area (TPSA) is 71.2 Å². The van der Waals surface area contributed by atoms with Gasteiger partial charge in [-0.25, -0.2) is 4.79 Å². The third kappa shape index (κ3) is 2.55. The Hall–Kier alpha value is -1.62. The molecule has 1 saturated heterocycles. The van der Waals surface area contributed by atoms with Crippen LogP contribution < -0.4 is 11.1 Å². The van der Waals surface area contributed by atoms with Gasteiger partial charge in [-0.1, -0.05) is 6.07 Å². The van der Waals surface area contributed by atoms with E-state index in [2.05, 4.69) is 10.3 Å². The number of carbonyl (C=O) groups is 1. The fourth-order valence-corrected chi connectivity index (χ4v) is 2.11. The number of amides is 2. The van der Waals surface area contributed by atoms with Gasteiger partial charge < -0.3 is 16.0 Å². The first-order valence-electron chi connectivity index (χ1n) is 5.89. The van der Waals surface area contributed by atoms with Crippen LogP contribution in [0.5, 0.6) is 0 Å². The van der Waals surface area contributed by atoms with E-state index in [0.29, 0.717) is 13.1 Å². The van der Waals surface area contributed by atoms with Gasteiger partial charge in [0.2, 0.25) is 0 Å². The Morgan fingerprint density at radius 1 is 1.71 bits per heavy atom. The highest BCUT2D eigenvalue weighted by atomic mass is 16.2. The lowest BCUT2D eigenvalue weighted by Gasteiger charge is -2.22. The normalized spacial score (nSPS) is 21.4. The number of pyridine rings is 1. The molecule has 5 heteroatoms. The zero-order chi connectivity index (χ0) is 12.3. The summed E-state index contributed by atoms with van der Waals surface area (Å²) in [5.74, 6) is 0. The van der Waals surface area contributed by atoms with E-state index < -0.39 is 0 Å². The number of aromatic nitrogens is 1. The molecular formula is C12H18N4O. The summed E-state index contributed by atoms with van der Waals surface area (Å²) in [6, 6.07) is 4.07. The van der Waals surface area contributed by atoms with Gasteiger partial charge in [-0.2, -0.15) is 0 Å². The molecule has 2 unspecified atom stereocenters. The minimum atomic E-state index is -0.0141. The third-order valence-electron chi connectivity index (χ3n) is 3.14. The Bertz CT molecular complexity index is 381. The average molecular weight is 234 g/mol. The number of nitrogens with two attached hydrogens (primary N) is 1. The van der Waals surface area contributed by atoms with Crippen LogP contribution in [0.2, 0.25) is 0 Å². The number of nitrogens with one attached hydrogen (secondary N) is 1. The minimum absolute atomic E-state index is 0.0141. The van der Waals surface area contributed by atoms with E-state index in [1.54, 1.807) is 12.4 Å². The van der Waals surface area contributed by atoms with E-state index in [9.17, 15) is 4.79 Å². The molecule has 1 aliphatic heterocycles. The maximum absolute atomic E-state index is 11.8. The highest BCUT2D eigenvalue weighted by Crippen LogP contribution is 2.21. The number of hydrogen-bond donors (Lipinski definition) is 2. The molecule has 1 aromatic rings. The Kier molecular flexibility index (Phi) is 3.58. The van der Waals surface area contributed by atoms with Crippen molar-refractivity contribution >= 4 is 6.03 Å². The van der Waals surface area contributed by atoms with Gasteiger partial charge >= 0.3 is 6.03 Å². The standard InChI is InChI=1S/C12H18N4O/c1-9(4-5-13)16-8-11(15-12(16)17)10-3-2-6-14-7-10/h2-3,6-7,9,11H,4-5,8,13H2,1H3,(H,15,17). The SMILES string of the molecule is CC(CCN)N1CC(c2cccnc2)NC1=O. The molecule has 0 aromatic carbocycles. The van der Waals surface area contributed by atoms with E-state index in [-0.39, 0.29) is 18.1 Å². The van der Waals surface area contributed by atoms with Gasteiger partial charge in [-0.15, -0.1) is 0 Å². The Balaban J connectivity index is 2.05. The van der Waals surface area contributed by atoms with Crippen LogP contribution in [0, 0.1) is 0 Å². The van der Waals surface area contributed by atoms with E-state index >= 15 is 0 Å². The maximum atomic E-state index is 11.8. The van der Waals surface area contributed by atoms with Crippen molar-refractivity contribution in [2.24, 2.45) is 5.73 Å². The second-order valence-corrected chi connectivity index (χ2v) is 4.37. The lowest BCUT2D eigenvalue weighted by molar-refractivity contribution is 0.199. The summed E-state index contributed by atoms with van der Waals surface area (Å²) >= 11 is 0. The second kappa shape index (κ2) is 5.14. The first-order chi connectivity index (χ1) is 8.22. The molecule has 5 nitrogen and oxygen atoms in total. The van der Waals surface area contributed by atoms with Crippen molar-refractivity contribution in [1.29, 1.82) is 0 Å². The predicted octanol–water partition coefficient (Wildman–Crippen LogP) is 0.885. The van der Waals surface area contributed by atoms with Crippen LogP contribution in [0.3, 0.4) is 0 Å². The fourth-order valence-electron chi connectivity index (χ4n) is 2.11. The molecule has 0 aliphatic carbocycles. The number of nitrogens with zero attached hydrogens (tertiary/aromatic N) is 2. The molecule has 0 bridgehead atoms. The Morgan fingerprint density at radius 2 is 2.53 bits per heavy atom. The maximum Gasteiger partial charge on any atom is 0.318 e. The lowest BCUT2D eigenvalue weighted by Crippen LogP contribution is -2.37. The van der Waals surface area contributed by atoms with Crippen LogP contribution in [0.1, 0.15) is 24.9 Å². The first kappa shape index (κ1) is 11.9. The van der Waals surface area contributed by atoms with Gasteiger partial charge in [0.05, 0.1) is 6.04 Å². The molecule has 0 radical (unpaired) electrons. The van der Waals surface area contributed by atoms with Crippen LogP contribution in [0.25, 0.3) is 0 Å². The van der Waals surface area contributed by atoms with Gasteiger partial charge in [0.1, 0.15) is 0 Å². The molecule has 2 amide bonds. The highest BCUT2D eigenvalue weighted by molar-refractivity contribution is 5.77. The van der Waals surface area contributed by atoms with Gasteiger partial charge in [-0.05, 0) is 31.5 Å². The number of rotatable bonds is 4. The summed E-state index contributed by atoms with van der Waals surface area (Å²) < 4.78 is 0. The van der Waals surface area contributed by atoms with E-state index in [4.69, 9.17) is 5.73 Å². The predicted molar refractivity (Wildman–Crippen MR) is 65.3 cm³/mol. The molecule has 1 aromatic heterocycles. The van der Waals surface area contributed by atoms with Crippen molar-refractivity contribution in [1.82, 2.24) is 15.2 Å². The molecule has 2 rings (SSSR count). The fraction of sp³-hybridized carbons (Fsp3) is 0.500. The molecular weight excluding hydrogens is 216 g/mol. The minimum Gasteiger partial charge on any atom is -0.330 e. The summed E-state index contributed by atoms with van der Waals surface area (Å²) in [4.78, 5) is 17.7.